The smallest absolute Gasteiger partial charge is 0.405 e. The van der Waals surface area contributed by atoms with Crippen LogP contribution in [0, 0.1) is 5.92 Å². The molecule has 0 radical (unpaired) electrons. The summed E-state index contributed by atoms with van der Waals surface area (Å²) in [4.78, 5) is 22.6. The van der Waals surface area contributed by atoms with Gasteiger partial charge < -0.3 is 25.3 Å². The number of aromatic nitrogens is 1. The molecule has 1 saturated heterocycles. The molecule has 10 heteroatoms. The Morgan fingerprint density at radius 2 is 2.16 bits per heavy atom. The van der Waals surface area contributed by atoms with Crippen molar-refractivity contribution in [2.75, 3.05) is 45.2 Å². The molecule has 0 aromatic carbocycles. The second kappa shape index (κ2) is 10.7. The number of pyridine rings is 1. The molecule has 2 heterocycles. The van der Waals surface area contributed by atoms with Gasteiger partial charge in [-0.05, 0) is 51.9 Å². The molecule has 0 saturated carbocycles. The van der Waals surface area contributed by atoms with Gasteiger partial charge in [-0.2, -0.15) is 13.2 Å². The normalized spacial score (nSPS) is 18.4. The second-order valence-corrected chi connectivity index (χ2v) is 8.21. The SMILES string of the molecule is C=C/C(OC)=C(/C(=O)NCC(F)(F)F)C(C)(C)/N=c1/cc(N2CCC(CNC)C2)cc[nH]1. The first-order valence-corrected chi connectivity index (χ1v) is 10.4. The van der Waals surface area contributed by atoms with Crippen LogP contribution >= 0.6 is 0 Å². The molecule has 1 aromatic heterocycles. The topological polar surface area (TPSA) is 81.8 Å². The van der Waals surface area contributed by atoms with Gasteiger partial charge in [-0.25, -0.2) is 0 Å². The molecule has 0 spiro atoms. The molecule has 178 valence electrons. The molecule has 32 heavy (non-hydrogen) atoms. The Balaban J connectivity index is 2.37. The van der Waals surface area contributed by atoms with Crippen LogP contribution in [0.5, 0.6) is 0 Å². The predicted molar refractivity (Wildman–Crippen MR) is 118 cm³/mol. The molecule has 7 nitrogen and oxygen atoms in total. The van der Waals surface area contributed by atoms with Crippen molar-refractivity contribution in [3.8, 4) is 0 Å². The van der Waals surface area contributed by atoms with Gasteiger partial charge in [0.05, 0.1) is 18.2 Å². The summed E-state index contributed by atoms with van der Waals surface area (Å²) >= 11 is 0. The van der Waals surface area contributed by atoms with Gasteiger partial charge in [0.1, 0.15) is 17.8 Å². The van der Waals surface area contributed by atoms with Gasteiger partial charge in [-0.15, -0.1) is 0 Å². The average Bonchev–Trinajstić information content (AvgIpc) is 3.18. The second-order valence-electron chi connectivity index (χ2n) is 8.21. The number of aromatic amines is 1. The van der Waals surface area contributed by atoms with E-state index in [4.69, 9.17) is 4.74 Å². The highest BCUT2D eigenvalue weighted by molar-refractivity contribution is 5.96. The summed E-state index contributed by atoms with van der Waals surface area (Å²) in [5, 5.41) is 5.11. The van der Waals surface area contributed by atoms with Crippen LogP contribution in [0.1, 0.15) is 20.3 Å². The molecule has 1 unspecified atom stereocenters. The molecule has 1 fully saturated rings. The van der Waals surface area contributed by atoms with Gasteiger partial charge >= 0.3 is 6.18 Å². The lowest BCUT2D eigenvalue weighted by atomic mass is 9.92. The third-order valence-electron chi connectivity index (χ3n) is 5.25. The number of anilines is 1. The van der Waals surface area contributed by atoms with Gasteiger partial charge in [-0.1, -0.05) is 6.58 Å². The van der Waals surface area contributed by atoms with Crippen molar-refractivity contribution >= 4 is 11.6 Å². The Labute approximate surface area is 186 Å². The molecule has 0 bridgehead atoms. The zero-order valence-corrected chi connectivity index (χ0v) is 19.0. The number of carbonyl (C=O) groups excluding carboxylic acids is 1. The fourth-order valence-corrected chi connectivity index (χ4v) is 3.83. The third kappa shape index (κ3) is 6.88. The van der Waals surface area contributed by atoms with Gasteiger partial charge in [-0.3, -0.25) is 9.79 Å². The maximum Gasteiger partial charge on any atom is 0.405 e. The minimum absolute atomic E-state index is 0.0479. The first-order chi connectivity index (χ1) is 15.0. The minimum atomic E-state index is -4.54. The van der Waals surface area contributed by atoms with Gasteiger partial charge in [0.2, 0.25) is 0 Å². The highest BCUT2D eigenvalue weighted by Crippen LogP contribution is 2.26. The first-order valence-electron chi connectivity index (χ1n) is 10.4. The fraction of sp³-hybridized carbons (Fsp3) is 0.545. The van der Waals surface area contributed by atoms with Crippen LogP contribution in [-0.2, 0) is 9.53 Å². The first kappa shape index (κ1) is 25.5. The summed E-state index contributed by atoms with van der Waals surface area (Å²) in [6.07, 6.45) is -0.411. The lowest BCUT2D eigenvalue weighted by Gasteiger charge is -2.25. The highest BCUT2D eigenvalue weighted by atomic mass is 19.4. The van der Waals surface area contributed by atoms with Crippen LogP contribution in [-0.4, -0.2) is 62.9 Å². The number of amides is 1. The number of hydrogen-bond acceptors (Lipinski definition) is 5. The largest absolute Gasteiger partial charge is 0.496 e. The van der Waals surface area contributed by atoms with E-state index >= 15 is 0 Å². The van der Waals surface area contributed by atoms with Crippen LogP contribution in [0.3, 0.4) is 0 Å². The van der Waals surface area contributed by atoms with E-state index in [2.05, 4.69) is 26.8 Å². The summed E-state index contributed by atoms with van der Waals surface area (Å²) in [6.45, 7) is 8.22. The maximum absolute atomic E-state index is 12.7. The van der Waals surface area contributed by atoms with Crippen molar-refractivity contribution in [3.05, 3.63) is 47.8 Å². The quantitative estimate of drug-likeness (QED) is 0.304. The van der Waals surface area contributed by atoms with Crippen LogP contribution in [0.15, 0.2) is 47.3 Å². The zero-order chi connectivity index (χ0) is 23.9. The van der Waals surface area contributed by atoms with Crippen molar-refractivity contribution in [1.29, 1.82) is 0 Å². The number of ether oxygens (including phenoxy) is 1. The molecule has 1 amide bonds. The van der Waals surface area contributed by atoms with E-state index in [-0.39, 0.29) is 11.3 Å². The lowest BCUT2D eigenvalue weighted by Crippen LogP contribution is -2.41. The van der Waals surface area contributed by atoms with E-state index in [1.807, 2.05) is 24.5 Å². The number of rotatable bonds is 9. The molecule has 1 aromatic rings. The van der Waals surface area contributed by atoms with E-state index in [0.29, 0.717) is 11.4 Å². The highest BCUT2D eigenvalue weighted by Gasteiger charge is 2.35. The van der Waals surface area contributed by atoms with Crippen molar-refractivity contribution in [3.63, 3.8) is 0 Å². The summed E-state index contributed by atoms with van der Waals surface area (Å²) in [6, 6.07) is 3.82. The fourth-order valence-electron chi connectivity index (χ4n) is 3.83. The molecule has 2 rings (SSSR count). The molecule has 1 aliphatic rings. The average molecular weight is 456 g/mol. The number of H-pyrrole nitrogens is 1. The molecule has 3 N–H and O–H groups in total. The zero-order valence-electron chi connectivity index (χ0n) is 19.0. The number of allylic oxidation sites excluding steroid dienone is 1. The van der Waals surface area contributed by atoms with Crippen LogP contribution < -0.4 is 21.0 Å². The molecule has 1 atom stereocenters. The molecular weight excluding hydrogens is 423 g/mol. The molecule has 1 aliphatic heterocycles. The monoisotopic (exact) mass is 455 g/mol. The lowest BCUT2D eigenvalue weighted by molar-refractivity contribution is -0.136. The molecule has 0 aliphatic carbocycles. The van der Waals surface area contributed by atoms with Gasteiger partial charge in [0.15, 0.2) is 0 Å². The van der Waals surface area contributed by atoms with Crippen molar-refractivity contribution in [2.24, 2.45) is 10.9 Å². The number of methoxy groups -OCH3 is 1. The Kier molecular flexibility index (Phi) is 8.54. The van der Waals surface area contributed by atoms with E-state index in [1.165, 1.54) is 13.2 Å². The summed E-state index contributed by atoms with van der Waals surface area (Å²) in [5.41, 5.74) is 0.224. The number of alkyl halides is 3. The van der Waals surface area contributed by atoms with Crippen molar-refractivity contribution < 1.29 is 22.7 Å². The predicted octanol–water partition coefficient (Wildman–Crippen LogP) is 2.50. The van der Waals surface area contributed by atoms with Crippen LogP contribution in [0.25, 0.3) is 0 Å². The van der Waals surface area contributed by atoms with Crippen molar-refractivity contribution in [1.82, 2.24) is 15.6 Å². The Morgan fingerprint density at radius 1 is 1.44 bits per heavy atom. The van der Waals surface area contributed by atoms with Gasteiger partial charge in [0, 0.05) is 31.0 Å². The van der Waals surface area contributed by atoms with Crippen LogP contribution in [0.2, 0.25) is 0 Å². The number of halogens is 3. The standard InChI is InChI=1S/C22H32F3N5O2/c1-6-17(32-5)19(20(31)28-14-22(23,24)25)21(2,3)29-18-11-16(7-9-27-18)30-10-8-15(13-30)12-26-4/h6-7,9,11,15,26H,1,8,10,12-14H2,2-5H3,(H,27,29)(H,28,31)/b19-17+. The summed E-state index contributed by atoms with van der Waals surface area (Å²) in [7, 11) is 3.26. The van der Waals surface area contributed by atoms with Gasteiger partial charge in [0.25, 0.3) is 5.91 Å². The number of nitrogens with one attached hydrogen (secondary N) is 3. The Hall–Kier alpha value is -2.75. The van der Waals surface area contributed by atoms with E-state index in [0.717, 1.165) is 31.7 Å². The summed E-state index contributed by atoms with van der Waals surface area (Å²) in [5.74, 6) is -0.299. The number of nitrogens with zero attached hydrogens (tertiary/aromatic N) is 2. The Bertz CT molecular complexity index is 905. The number of carbonyl (C=O) groups is 1. The molecular formula is C22H32F3N5O2. The summed E-state index contributed by atoms with van der Waals surface area (Å²) < 4.78 is 43.1. The van der Waals surface area contributed by atoms with E-state index < -0.39 is 24.2 Å². The van der Waals surface area contributed by atoms with E-state index in [1.54, 1.807) is 20.0 Å². The number of hydrogen-bond donors (Lipinski definition) is 3. The van der Waals surface area contributed by atoms with Crippen LogP contribution in [0.4, 0.5) is 18.9 Å². The maximum atomic E-state index is 12.7. The minimum Gasteiger partial charge on any atom is -0.496 e. The third-order valence-corrected chi connectivity index (χ3v) is 5.25. The Morgan fingerprint density at radius 3 is 2.75 bits per heavy atom. The van der Waals surface area contributed by atoms with E-state index in [9.17, 15) is 18.0 Å². The van der Waals surface area contributed by atoms with Crippen molar-refractivity contribution in [2.45, 2.75) is 32.0 Å².